The van der Waals surface area contributed by atoms with Crippen molar-refractivity contribution in [3.8, 4) is 0 Å². The number of aromatic nitrogens is 2. The van der Waals surface area contributed by atoms with Crippen LogP contribution in [0.1, 0.15) is 5.56 Å². The van der Waals surface area contributed by atoms with E-state index in [0.717, 1.165) is 0 Å². The zero-order chi connectivity index (χ0) is 14.8. The van der Waals surface area contributed by atoms with E-state index >= 15 is 0 Å². The van der Waals surface area contributed by atoms with Crippen molar-refractivity contribution in [2.45, 2.75) is 5.75 Å². The Hall–Kier alpha value is -1.08. The summed E-state index contributed by atoms with van der Waals surface area (Å²) in [5.74, 6) is -0.222. The van der Waals surface area contributed by atoms with Gasteiger partial charge in [-0.1, -0.05) is 46.9 Å². The second-order valence-corrected chi connectivity index (χ2v) is 6.76. The van der Waals surface area contributed by atoms with Gasteiger partial charge in [0.05, 0.1) is 11.4 Å². The van der Waals surface area contributed by atoms with Crippen molar-refractivity contribution in [2.24, 2.45) is 0 Å². The molecule has 1 heterocycles. The van der Waals surface area contributed by atoms with E-state index in [1.807, 2.05) is 0 Å². The van der Waals surface area contributed by atoms with Gasteiger partial charge in [-0.25, -0.2) is 8.42 Å². The van der Waals surface area contributed by atoms with Crippen LogP contribution in [0.25, 0.3) is 0 Å². The first-order valence-electron chi connectivity index (χ1n) is 5.29. The highest BCUT2D eigenvalue weighted by molar-refractivity contribution is 7.91. The Morgan fingerprint density at radius 3 is 2.35 bits per heavy atom. The number of rotatable bonds is 4. The maximum atomic E-state index is 12.0. The Balaban J connectivity index is 2.19. The first-order valence-corrected chi connectivity index (χ1v) is 8.08. The van der Waals surface area contributed by atoms with Crippen LogP contribution in [0.5, 0.6) is 0 Å². The van der Waals surface area contributed by atoms with E-state index in [9.17, 15) is 8.42 Å². The predicted molar refractivity (Wildman–Crippen MR) is 79.8 cm³/mol. The Morgan fingerprint density at radius 2 is 1.70 bits per heavy atom. The largest absolute Gasteiger partial charge is 0.280 e. The second-order valence-electron chi connectivity index (χ2n) is 3.86. The Labute approximate surface area is 130 Å². The van der Waals surface area contributed by atoms with Crippen molar-refractivity contribution in [1.82, 2.24) is 10.2 Å². The van der Waals surface area contributed by atoms with Gasteiger partial charge < -0.3 is 0 Å². The van der Waals surface area contributed by atoms with E-state index < -0.39 is 10.0 Å². The minimum absolute atomic E-state index is 0.0404. The van der Waals surface area contributed by atoms with Gasteiger partial charge in [0.1, 0.15) is 0 Å². The summed E-state index contributed by atoms with van der Waals surface area (Å²) in [5.41, 5.74) is 0.673. The molecule has 0 spiro atoms. The first-order chi connectivity index (χ1) is 9.35. The molecule has 2 rings (SSSR count). The summed E-state index contributed by atoms with van der Waals surface area (Å²) in [5, 5.41) is 7.52. The quantitative estimate of drug-likeness (QED) is 0.915. The third-order valence-corrected chi connectivity index (χ3v) is 4.21. The van der Waals surface area contributed by atoms with E-state index in [-0.39, 0.29) is 21.7 Å². The van der Waals surface area contributed by atoms with Crippen molar-refractivity contribution >= 4 is 50.5 Å². The van der Waals surface area contributed by atoms with Gasteiger partial charge in [-0.2, -0.15) is 0 Å². The van der Waals surface area contributed by atoms with Crippen LogP contribution in [-0.2, 0) is 15.8 Å². The molecule has 0 aliphatic rings. The van der Waals surface area contributed by atoms with E-state index in [2.05, 4.69) is 14.9 Å². The highest BCUT2D eigenvalue weighted by Crippen LogP contribution is 2.23. The average molecular weight is 353 g/mol. The highest BCUT2D eigenvalue weighted by atomic mass is 35.5. The molecule has 1 N–H and O–H groups in total. The summed E-state index contributed by atoms with van der Waals surface area (Å²) in [6.45, 7) is 0. The average Bonchev–Trinajstić information content (AvgIpc) is 2.36. The monoisotopic (exact) mass is 351 g/mol. The zero-order valence-corrected chi connectivity index (χ0v) is 12.9. The molecule has 1 aromatic carbocycles. The molecule has 0 radical (unpaired) electrons. The van der Waals surface area contributed by atoms with Gasteiger partial charge in [0.2, 0.25) is 10.0 Å². The van der Waals surface area contributed by atoms with Crippen molar-refractivity contribution in [3.63, 3.8) is 0 Å². The van der Waals surface area contributed by atoms with E-state index in [4.69, 9.17) is 34.8 Å². The number of nitrogens with zero attached hydrogens (tertiary/aromatic N) is 2. The van der Waals surface area contributed by atoms with Crippen LogP contribution in [0.3, 0.4) is 0 Å². The van der Waals surface area contributed by atoms with Crippen LogP contribution in [-0.4, -0.2) is 18.6 Å². The lowest BCUT2D eigenvalue weighted by molar-refractivity contribution is 0.600. The molecule has 2 aromatic rings. The summed E-state index contributed by atoms with van der Waals surface area (Å²) in [4.78, 5) is 0. The lowest BCUT2D eigenvalue weighted by Crippen LogP contribution is -2.15. The smallest absolute Gasteiger partial charge is 0.237 e. The number of hydrogen-bond donors (Lipinski definition) is 1. The van der Waals surface area contributed by atoms with Crippen molar-refractivity contribution in [3.05, 3.63) is 51.2 Å². The van der Waals surface area contributed by atoms with E-state index in [0.29, 0.717) is 10.6 Å². The fourth-order valence-electron chi connectivity index (χ4n) is 1.43. The van der Waals surface area contributed by atoms with Crippen LogP contribution >= 0.6 is 34.8 Å². The summed E-state index contributed by atoms with van der Waals surface area (Å²) < 4.78 is 26.4. The maximum Gasteiger partial charge on any atom is 0.237 e. The van der Waals surface area contributed by atoms with Crippen LogP contribution in [0.4, 0.5) is 5.69 Å². The van der Waals surface area contributed by atoms with E-state index in [1.165, 1.54) is 6.07 Å². The number of anilines is 1. The predicted octanol–water partition coefficient (Wildman–Crippen LogP) is 3.38. The fourth-order valence-corrected chi connectivity index (χ4v) is 3.09. The maximum absolute atomic E-state index is 12.0. The van der Waals surface area contributed by atoms with Crippen LogP contribution in [0.2, 0.25) is 15.3 Å². The molecule has 0 bridgehead atoms. The van der Waals surface area contributed by atoms with Gasteiger partial charge in [0.15, 0.2) is 10.3 Å². The molecule has 0 unspecified atom stereocenters. The molecule has 0 saturated heterocycles. The minimum Gasteiger partial charge on any atom is -0.280 e. The molecule has 0 atom stereocenters. The molecule has 5 nitrogen and oxygen atoms in total. The Morgan fingerprint density at radius 1 is 1.05 bits per heavy atom. The molecule has 0 aliphatic carbocycles. The van der Waals surface area contributed by atoms with Gasteiger partial charge in [-0.05, 0) is 17.7 Å². The zero-order valence-electron chi connectivity index (χ0n) is 9.85. The number of hydrogen-bond acceptors (Lipinski definition) is 4. The van der Waals surface area contributed by atoms with Gasteiger partial charge >= 0.3 is 0 Å². The molecule has 0 amide bonds. The topological polar surface area (TPSA) is 72.0 Å². The van der Waals surface area contributed by atoms with Gasteiger partial charge in [-0.15, -0.1) is 10.2 Å². The molecular weight excluding hydrogens is 345 g/mol. The van der Waals surface area contributed by atoms with Crippen LogP contribution in [0.15, 0.2) is 30.3 Å². The Kier molecular flexibility index (Phi) is 4.70. The second kappa shape index (κ2) is 6.13. The molecule has 0 fully saturated rings. The molecule has 1 aromatic heterocycles. The molecule has 0 saturated carbocycles. The summed E-state index contributed by atoms with van der Waals surface area (Å²) in [6, 6.07) is 7.77. The minimum atomic E-state index is -3.64. The summed E-state index contributed by atoms with van der Waals surface area (Å²) in [7, 11) is -3.64. The molecule has 20 heavy (non-hydrogen) atoms. The molecular formula is C11H8Cl3N3O2S. The third-order valence-electron chi connectivity index (χ3n) is 2.25. The number of halogens is 3. The SMILES string of the molecule is O=S(=O)(Cc1ccc(Cl)cc1)Nc1cc(Cl)nnc1Cl. The van der Waals surface area contributed by atoms with Crippen LogP contribution in [0, 0.1) is 0 Å². The lowest BCUT2D eigenvalue weighted by Gasteiger charge is -2.09. The van der Waals surface area contributed by atoms with Crippen molar-refractivity contribution in [2.75, 3.05) is 4.72 Å². The first kappa shape index (κ1) is 15.3. The van der Waals surface area contributed by atoms with Gasteiger partial charge in [-0.3, -0.25) is 4.72 Å². The highest BCUT2D eigenvalue weighted by Gasteiger charge is 2.15. The summed E-state index contributed by atoms with van der Waals surface area (Å²) in [6.07, 6.45) is 0. The van der Waals surface area contributed by atoms with Gasteiger partial charge in [0.25, 0.3) is 0 Å². The molecule has 106 valence electrons. The van der Waals surface area contributed by atoms with Crippen molar-refractivity contribution < 1.29 is 8.42 Å². The molecule has 0 aliphatic heterocycles. The van der Waals surface area contributed by atoms with E-state index in [1.54, 1.807) is 24.3 Å². The van der Waals surface area contributed by atoms with Gasteiger partial charge in [0, 0.05) is 11.1 Å². The standard InChI is InChI=1S/C11H8Cl3N3O2S/c12-8-3-1-7(2-4-8)6-20(18,19)17-9-5-10(13)15-16-11(9)14/h1-5H,6H2,(H,15,17). The number of nitrogens with one attached hydrogen (secondary N) is 1. The Bertz CT molecular complexity index is 720. The van der Waals surface area contributed by atoms with Crippen LogP contribution < -0.4 is 4.72 Å². The van der Waals surface area contributed by atoms with Crippen molar-refractivity contribution in [1.29, 1.82) is 0 Å². The third kappa shape index (κ3) is 4.21. The molecule has 9 heteroatoms. The number of benzene rings is 1. The lowest BCUT2D eigenvalue weighted by atomic mass is 10.2. The number of sulfonamides is 1. The normalized spacial score (nSPS) is 11.3. The summed E-state index contributed by atoms with van der Waals surface area (Å²) >= 11 is 17.1. The fraction of sp³-hybridized carbons (Fsp3) is 0.0909.